The van der Waals surface area contributed by atoms with Gasteiger partial charge in [0.05, 0.1) is 0 Å². The zero-order valence-electron chi connectivity index (χ0n) is 25.6. The molecule has 0 aliphatic rings. The molecule has 0 rings (SSSR count). The van der Waals surface area contributed by atoms with Gasteiger partial charge in [-0.25, -0.2) is 8.42 Å². The smallest absolute Gasteiger partial charge is 0.306 e. The van der Waals surface area contributed by atoms with Gasteiger partial charge in [-0.3, -0.25) is 13.8 Å². The summed E-state index contributed by atoms with van der Waals surface area (Å²) in [6.07, 6.45) is 25.0. The zero-order chi connectivity index (χ0) is 29.7. The number of esters is 2. The van der Waals surface area contributed by atoms with Gasteiger partial charge in [0.25, 0.3) is 0 Å². The fraction of sp³-hybridized carbons (Fsp3) is 0.935. The van der Waals surface area contributed by atoms with Gasteiger partial charge in [0, 0.05) is 12.8 Å². The molecule has 0 aliphatic heterocycles. The molecule has 0 aromatic carbocycles. The van der Waals surface area contributed by atoms with Crippen LogP contribution in [0, 0.1) is 0 Å². The summed E-state index contributed by atoms with van der Waals surface area (Å²) in [7, 11) is -4.95. The summed E-state index contributed by atoms with van der Waals surface area (Å²) in [5, 5.41) is 0. The Morgan fingerprint density at radius 2 is 0.900 bits per heavy atom. The number of hydrogen-bond acceptors (Lipinski definition) is 8. The largest absolute Gasteiger partial charge is 0.726 e. The van der Waals surface area contributed by atoms with Crippen LogP contribution in [0.3, 0.4) is 0 Å². The van der Waals surface area contributed by atoms with Crippen molar-refractivity contribution in [1.29, 1.82) is 0 Å². The van der Waals surface area contributed by atoms with Crippen molar-refractivity contribution in [3.05, 3.63) is 0 Å². The zero-order valence-corrected chi connectivity index (χ0v) is 26.5. The molecule has 0 aliphatic carbocycles. The molecule has 0 amide bonds. The van der Waals surface area contributed by atoms with E-state index in [4.69, 9.17) is 9.47 Å². The third-order valence-corrected chi connectivity index (χ3v) is 7.52. The van der Waals surface area contributed by atoms with E-state index >= 15 is 0 Å². The maximum Gasteiger partial charge on any atom is 0.306 e. The molecule has 0 bridgehead atoms. The van der Waals surface area contributed by atoms with Crippen LogP contribution in [0.2, 0.25) is 0 Å². The molecular formula is C31H59O8S-. The summed E-state index contributed by atoms with van der Waals surface area (Å²) in [6, 6.07) is 0. The van der Waals surface area contributed by atoms with Crippen LogP contribution in [0.1, 0.15) is 168 Å². The molecule has 0 aromatic heterocycles. The molecule has 0 N–H and O–H groups in total. The van der Waals surface area contributed by atoms with Gasteiger partial charge in [-0.1, -0.05) is 142 Å². The van der Waals surface area contributed by atoms with Gasteiger partial charge in [-0.2, -0.15) is 0 Å². The standard InChI is InChI=1S/C31H60O8S/c1-3-5-7-9-11-13-15-17-19-21-23-25-30(32)37-27-29(28-38-40(34,35)36)39-31(33)26-24-22-20-18-16-14-12-10-8-6-4-2/h29H,3-28H2,1-2H3,(H,34,35,36)/p-1. The highest BCUT2D eigenvalue weighted by Crippen LogP contribution is 2.14. The van der Waals surface area contributed by atoms with E-state index in [2.05, 4.69) is 18.0 Å². The van der Waals surface area contributed by atoms with E-state index < -0.39 is 35.0 Å². The Morgan fingerprint density at radius 3 is 1.27 bits per heavy atom. The topological polar surface area (TPSA) is 119 Å². The van der Waals surface area contributed by atoms with Gasteiger partial charge in [0.15, 0.2) is 6.10 Å². The second-order valence-corrected chi connectivity index (χ2v) is 12.1. The minimum atomic E-state index is -4.95. The first kappa shape index (κ1) is 38.8. The number of ether oxygens (including phenoxy) is 2. The van der Waals surface area contributed by atoms with Crippen molar-refractivity contribution in [1.82, 2.24) is 0 Å². The average Bonchev–Trinajstić information content (AvgIpc) is 2.91. The number of carbonyl (C=O) groups excluding carboxylic acids is 2. The normalized spacial score (nSPS) is 12.4. The molecule has 0 radical (unpaired) electrons. The highest BCUT2D eigenvalue weighted by Gasteiger charge is 2.19. The summed E-state index contributed by atoms with van der Waals surface area (Å²) >= 11 is 0. The third kappa shape index (κ3) is 29.8. The lowest BCUT2D eigenvalue weighted by atomic mass is 10.1. The Morgan fingerprint density at radius 1 is 0.550 bits per heavy atom. The van der Waals surface area contributed by atoms with Gasteiger partial charge in [-0.05, 0) is 12.8 Å². The predicted molar refractivity (Wildman–Crippen MR) is 159 cm³/mol. The van der Waals surface area contributed by atoms with Crippen molar-refractivity contribution in [2.45, 2.75) is 174 Å². The van der Waals surface area contributed by atoms with Crippen LogP contribution in [0.25, 0.3) is 0 Å². The fourth-order valence-corrected chi connectivity index (χ4v) is 4.96. The van der Waals surface area contributed by atoms with E-state index in [9.17, 15) is 22.6 Å². The SMILES string of the molecule is CCCCCCCCCCCCCC(=O)OCC(COS(=O)(=O)[O-])OC(=O)CCCCCCCCCCCCC. The maximum absolute atomic E-state index is 12.2. The van der Waals surface area contributed by atoms with Crippen LogP contribution in [0.15, 0.2) is 0 Å². The molecule has 40 heavy (non-hydrogen) atoms. The van der Waals surface area contributed by atoms with E-state index in [0.29, 0.717) is 12.8 Å². The summed E-state index contributed by atoms with van der Waals surface area (Å²) in [6.45, 7) is 3.44. The highest BCUT2D eigenvalue weighted by molar-refractivity contribution is 7.80. The molecule has 238 valence electrons. The Hall–Kier alpha value is -1.19. The van der Waals surface area contributed by atoms with E-state index in [-0.39, 0.29) is 19.4 Å². The number of rotatable bonds is 30. The van der Waals surface area contributed by atoms with Crippen LogP contribution in [-0.4, -0.2) is 44.2 Å². The van der Waals surface area contributed by atoms with E-state index in [0.717, 1.165) is 32.1 Å². The molecule has 8 nitrogen and oxygen atoms in total. The quantitative estimate of drug-likeness (QED) is 0.0354. The van der Waals surface area contributed by atoms with Crippen molar-refractivity contribution in [2.24, 2.45) is 0 Å². The van der Waals surface area contributed by atoms with Crippen molar-refractivity contribution in [2.75, 3.05) is 13.2 Å². The minimum Gasteiger partial charge on any atom is -0.726 e. The molecule has 1 unspecified atom stereocenters. The van der Waals surface area contributed by atoms with Gasteiger partial charge in [0.1, 0.15) is 13.2 Å². The predicted octanol–water partition coefficient (Wildman–Crippen LogP) is 8.32. The van der Waals surface area contributed by atoms with Gasteiger partial charge in [0.2, 0.25) is 10.4 Å². The van der Waals surface area contributed by atoms with Gasteiger partial charge >= 0.3 is 11.9 Å². The van der Waals surface area contributed by atoms with Gasteiger partial charge in [-0.15, -0.1) is 0 Å². The van der Waals surface area contributed by atoms with Crippen LogP contribution >= 0.6 is 0 Å². The molecule has 0 fully saturated rings. The second-order valence-electron chi connectivity index (χ2n) is 11.1. The third-order valence-electron chi connectivity index (χ3n) is 7.10. The number of unbranched alkanes of at least 4 members (excludes halogenated alkanes) is 20. The van der Waals surface area contributed by atoms with Crippen LogP contribution in [-0.2, 0) is 33.6 Å². The van der Waals surface area contributed by atoms with E-state index in [1.807, 2.05) is 0 Å². The number of carbonyl (C=O) groups is 2. The first-order chi connectivity index (χ1) is 19.3. The Balaban J connectivity index is 4.02. The first-order valence-electron chi connectivity index (χ1n) is 16.2. The second kappa shape index (κ2) is 28.0. The summed E-state index contributed by atoms with van der Waals surface area (Å²) in [5.41, 5.74) is 0. The lowest BCUT2D eigenvalue weighted by molar-refractivity contribution is -0.161. The van der Waals surface area contributed by atoms with Gasteiger partial charge < -0.3 is 14.0 Å². The molecule has 9 heteroatoms. The molecule has 0 aromatic rings. The lowest BCUT2D eigenvalue weighted by Gasteiger charge is -2.19. The van der Waals surface area contributed by atoms with Crippen molar-refractivity contribution in [3.63, 3.8) is 0 Å². The molecule has 0 saturated heterocycles. The number of hydrogen-bond donors (Lipinski definition) is 0. The summed E-state index contributed by atoms with van der Waals surface area (Å²) < 4.78 is 47.2. The maximum atomic E-state index is 12.2. The van der Waals surface area contributed by atoms with Crippen LogP contribution in [0.4, 0.5) is 0 Å². The Bertz CT molecular complexity index is 695. The van der Waals surface area contributed by atoms with Crippen molar-refractivity contribution >= 4 is 22.3 Å². The fourth-order valence-electron chi connectivity index (χ4n) is 4.65. The Kier molecular flexibility index (Phi) is 27.1. The van der Waals surface area contributed by atoms with Crippen molar-refractivity contribution < 1.29 is 36.2 Å². The lowest BCUT2D eigenvalue weighted by Crippen LogP contribution is -2.30. The molecule has 0 heterocycles. The van der Waals surface area contributed by atoms with E-state index in [1.165, 1.54) is 96.3 Å². The molecule has 0 saturated carbocycles. The van der Waals surface area contributed by atoms with Crippen LogP contribution < -0.4 is 0 Å². The minimum absolute atomic E-state index is 0.185. The average molecular weight is 592 g/mol. The summed E-state index contributed by atoms with van der Waals surface area (Å²) in [4.78, 5) is 24.3. The van der Waals surface area contributed by atoms with Crippen molar-refractivity contribution in [3.8, 4) is 0 Å². The van der Waals surface area contributed by atoms with E-state index in [1.54, 1.807) is 0 Å². The molecule has 0 spiro atoms. The monoisotopic (exact) mass is 591 g/mol. The summed E-state index contributed by atoms with van der Waals surface area (Å²) in [5.74, 6) is -0.957. The Labute approximate surface area is 245 Å². The highest BCUT2D eigenvalue weighted by atomic mass is 32.3. The molecule has 1 atom stereocenters. The molecular weight excluding hydrogens is 532 g/mol. The first-order valence-corrected chi connectivity index (χ1v) is 17.6. The van der Waals surface area contributed by atoms with Crippen LogP contribution in [0.5, 0.6) is 0 Å².